The van der Waals surface area contributed by atoms with Gasteiger partial charge in [-0.2, -0.15) is 0 Å². The van der Waals surface area contributed by atoms with Gasteiger partial charge in [-0.1, -0.05) is 43.1 Å². The van der Waals surface area contributed by atoms with E-state index in [-0.39, 0.29) is 0 Å². The molecule has 21 heavy (non-hydrogen) atoms. The van der Waals surface area contributed by atoms with E-state index < -0.39 is 0 Å². The molecule has 0 heterocycles. The van der Waals surface area contributed by atoms with E-state index in [1.54, 1.807) is 0 Å². The number of rotatable bonds is 7. The maximum absolute atomic E-state index is 6.03. The first-order valence-electron chi connectivity index (χ1n) is 7.41. The van der Waals surface area contributed by atoms with Gasteiger partial charge in [0.2, 0.25) is 0 Å². The Hall–Kier alpha value is -1.67. The Bertz CT molecular complexity index is 583. The molecule has 0 aliphatic heterocycles. The molecule has 0 spiro atoms. The monoisotopic (exact) mass is 303 g/mol. The topological polar surface area (TPSA) is 21.3 Å². The van der Waals surface area contributed by atoms with Crippen molar-refractivity contribution in [3.8, 4) is 5.75 Å². The summed E-state index contributed by atoms with van der Waals surface area (Å²) in [7, 11) is 0. The van der Waals surface area contributed by atoms with E-state index in [1.807, 2.05) is 30.3 Å². The van der Waals surface area contributed by atoms with Crippen LogP contribution in [0.4, 0.5) is 5.69 Å². The first-order valence-corrected chi connectivity index (χ1v) is 7.78. The molecule has 0 aliphatic carbocycles. The lowest BCUT2D eigenvalue weighted by Gasteiger charge is -2.11. The Labute approximate surface area is 132 Å². The van der Waals surface area contributed by atoms with Crippen LogP contribution in [0.2, 0.25) is 5.02 Å². The molecule has 2 nitrogen and oxygen atoms in total. The third-order valence-electron chi connectivity index (χ3n) is 3.35. The molecule has 0 unspecified atom stereocenters. The van der Waals surface area contributed by atoms with Crippen LogP contribution in [0, 0.1) is 6.92 Å². The zero-order valence-corrected chi connectivity index (χ0v) is 13.4. The molecule has 0 amide bonds. The van der Waals surface area contributed by atoms with E-state index in [1.165, 1.54) is 11.1 Å². The van der Waals surface area contributed by atoms with Crippen LogP contribution in [0.1, 0.15) is 30.9 Å². The van der Waals surface area contributed by atoms with Gasteiger partial charge >= 0.3 is 0 Å². The molecule has 112 valence electrons. The molecule has 0 fully saturated rings. The summed E-state index contributed by atoms with van der Waals surface area (Å²) < 4.78 is 5.73. The van der Waals surface area contributed by atoms with E-state index in [0.29, 0.717) is 0 Å². The highest BCUT2D eigenvalue weighted by Crippen LogP contribution is 2.21. The predicted molar refractivity (Wildman–Crippen MR) is 90.4 cm³/mol. The summed E-state index contributed by atoms with van der Waals surface area (Å²) in [4.78, 5) is 0. The number of unbranched alkanes of at least 4 members (excludes halogenated alkanes) is 1. The number of benzene rings is 2. The van der Waals surface area contributed by atoms with E-state index in [9.17, 15) is 0 Å². The summed E-state index contributed by atoms with van der Waals surface area (Å²) >= 11 is 6.03. The van der Waals surface area contributed by atoms with Crippen LogP contribution in [0.15, 0.2) is 42.5 Å². The molecule has 0 saturated carbocycles. The molecule has 0 atom stereocenters. The average Bonchev–Trinajstić information content (AvgIpc) is 2.49. The molecule has 2 aromatic carbocycles. The summed E-state index contributed by atoms with van der Waals surface area (Å²) in [6, 6.07) is 14.1. The van der Waals surface area contributed by atoms with Gasteiger partial charge in [-0.15, -0.1) is 0 Å². The highest BCUT2D eigenvalue weighted by atomic mass is 35.5. The second-order valence-corrected chi connectivity index (χ2v) is 5.60. The molecule has 1 N–H and O–H groups in total. The molecule has 2 aromatic rings. The van der Waals surface area contributed by atoms with Gasteiger partial charge in [-0.3, -0.25) is 0 Å². The van der Waals surface area contributed by atoms with Crippen molar-refractivity contribution in [3.63, 3.8) is 0 Å². The van der Waals surface area contributed by atoms with Gasteiger partial charge in [-0.25, -0.2) is 0 Å². The number of anilines is 1. The third kappa shape index (κ3) is 4.98. The Morgan fingerprint density at radius 2 is 2.00 bits per heavy atom. The first kappa shape index (κ1) is 15.7. The van der Waals surface area contributed by atoms with Crippen LogP contribution < -0.4 is 10.1 Å². The Morgan fingerprint density at radius 3 is 2.81 bits per heavy atom. The SMILES string of the molecule is CCCCOc1cccc(CNc2cc(Cl)ccc2C)c1. The van der Waals surface area contributed by atoms with Crippen molar-refractivity contribution in [3.05, 3.63) is 58.6 Å². The highest BCUT2D eigenvalue weighted by molar-refractivity contribution is 6.30. The van der Waals surface area contributed by atoms with Crippen LogP contribution in [0.3, 0.4) is 0 Å². The van der Waals surface area contributed by atoms with Crippen LogP contribution in [0.5, 0.6) is 5.75 Å². The van der Waals surface area contributed by atoms with E-state index >= 15 is 0 Å². The molecular weight excluding hydrogens is 282 g/mol. The number of hydrogen-bond acceptors (Lipinski definition) is 2. The predicted octanol–water partition coefficient (Wildman–Crippen LogP) is 5.44. The second kappa shape index (κ2) is 7.94. The molecular formula is C18H22ClNO. The second-order valence-electron chi connectivity index (χ2n) is 5.16. The van der Waals surface area contributed by atoms with Crippen molar-refractivity contribution in [2.45, 2.75) is 33.2 Å². The van der Waals surface area contributed by atoms with Gasteiger partial charge < -0.3 is 10.1 Å². The summed E-state index contributed by atoms with van der Waals surface area (Å²) in [6.07, 6.45) is 2.24. The van der Waals surface area contributed by atoms with Crippen molar-refractivity contribution in [1.82, 2.24) is 0 Å². The summed E-state index contributed by atoms with van der Waals surface area (Å²) in [5.74, 6) is 0.936. The quantitative estimate of drug-likeness (QED) is 0.688. The number of aryl methyl sites for hydroxylation is 1. The molecule has 2 rings (SSSR count). The Kier molecular flexibility index (Phi) is 5.94. The lowest BCUT2D eigenvalue weighted by Crippen LogP contribution is -2.02. The standard InChI is InChI=1S/C18H22ClNO/c1-3-4-10-21-17-7-5-6-15(11-17)13-20-18-12-16(19)9-8-14(18)2/h5-9,11-12,20H,3-4,10,13H2,1-2H3. The smallest absolute Gasteiger partial charge is 0.119 e. The van der Waals surface area contributed by atoms with Crippen molar-refractivity contribution in [2.24, 2.45) is 0 Å². The van der Waals surface area contributed by atoms with Gasteiger partial charge in [0, 0.05) is 17.3 Å². The zero-order chi connectivity index (χ0) is 15.1. The van der Waals surface area contributed by atoms with E-state index in [4.69, 9.17) is 16.3 Å². The van der Waals surface area contributed by atoms with Crippen molar-refractivity contribution in [2.75, 3.05) is 11.9 Å². The fraction of sp³-hybridized carbons (Fsp3) is 0.333. The number of ether oxygens (including phenoxy) is 1. The fourth-order valence-electron chi connectivity index (χ4n) is 2.06. The Balaban J connectivity index is 1.96. The van der Waals surface area contributed by atoms with Gasteiger partial charge in [-0.05, 0) is 48.7 Å². The molecule has 0 bridgehead atoms. The van der Waals surface area contributed by atoms with E-state index in [0.717, 1.165) is 42.5 Å². The van der Waals surface area contributed by atoms with E-state index in [2.05, 4.69) is 31.3 Å². The van der Waals surface area contributed by atoms with Crippen molar-refractivity contribution < 1.29 is 4.74 Å². The maximum Gasteiger partial charge on any atom is 0.119 e. The van der Waals surface area contributed by atoms with Gasteiger partial charge in [0.05, 0.1) is 6.61 Å². The molecule has 0 aliphatic rings. The van der Waals surface area contributed by atoms with Crippen LogP contribution in [-0.4, -0.2) is 6.61 Å². The van der Waals surface area contributed by atoms with Crippen molar-refractivity contribution >= 4 is 17.3 Å². The molecule has 0 aromatic heterocycles. The normalized spacial score (nSPS) is 10.4. The lowest BCUT2D eigenvalue weighted by molar-refractivity contribution is 0.309. The number of halogens is 1. The zero-order valence-electron chi connectivity index (χ0n) is 12.7. The minimum absolute atomic E-state index is 0.750. The largest absolute Gasteiger partial charge is 0.494 e. The van der Waals surface area contributed by atoms with Gasteiger partial charge in [0.15, 0.2) is 0 Å². The summed E-state index contributed by atoms with van der Waals surface area (Å²) in [5, 5.41) is 4.17. The minimum atomic E-state index is 0.750. The minimum Gasteiger partial charge on any atom is -0.494 e. The maximum atomic E-state index is 6.03. The van der Waals surface area contributed by atoms with Gasteiger partial charge in [0.25, 0.3) is 0 Å². The average molecular weight is 304 g/mol. The fourth-order valence-corrected chi connectivity index (χ4v) is 2.23. The molecule has 0 saturated heterocycles. The van der Waals surface area contributed by atoms with Crippen LogP contribution >= 0.6 is 11.6 Å². The number of nitrogens with one attached hydrogen (secondary N) is 1. The van der Waals surface area contributed by atoms with Crippen LogP contribution in [0.25, 0.3) is 0 Å². The summed E-state index contributed by atoms with van der Waals surface area (Å²) in [6.45, 7) is 5.77. The van der Waals surface area contributed by atoms with Crippen LogP contribution in [-0.2, 0) is 6.54 Å². The van der Waals surface area contributed by atoms with Crippen molar-refractivity contribution in [1.29, 1.82) is 0 Å². The van der Waals surface area contributed by atoms with Gasteiger partial charge in [0.1, 0.15) is 5.75 Å². The summed E-state index contributed by atoms with van der Waals surface area (Å²) in [5.41, 5.74) is 3.46. The Morgan fingerprint density at radius 1 is 1.14 bits per heavy atom. The molecule has 3 heteroatoms. The lowest BCUT2D eigenvalue weighted by atomic mass is 10.1. The number of hydrogen-bond donors (Lipinski definition) is 1. The third-order valence-corrected chi connectivity index (χ3v) is 3.58. The molecule has 0 radical (unpaired) electrons. The first-order chi connectivity index (χ1) is 10.2. The highest BCUT2D eigenvalue weighted by Gasteiger charge is 2.01.